The fraction of sp³-hybridized carbons (Fsp3) is 0.906. The van der Waals surface area contributed by atoms with Crippen LogP contribution in [0.2, 0.25) is 0 Å². The fourth-order valence-electron chi connectivity index (χ4n) is 9.87. The Bertz CT molecular complexity index is 1090. The molecule has 0 aromatic heterocycles. The van der Waals surface area contributed by atoms with Crippen LogP contribution in [-0.4, -0.2) is 47.4 Å². The molecule has 0 fully saturated rings. The smallest absolute Gasteiger partial charge is 0.305 e. The highest BCUT2D eigenvalue weighted by molar-refractivity contribution is 5.76. The van der Waals surface area contributed by atoms with E-state index in [0.29, 0.717) is 19.4 Å². The summed E-state index contributed by atoms with van der Waals surface area (Å²) in [5.74, 6) is -0.0587. The number of hydrogen-bond donors (Lipinski definition) is 3. The van der Waals surface area contributed by atoms with Gasteiger partial charge >= 0.3 is 5.97 Å². The van der Waals surface area contributed by atoms with Gasteiger partial charge in [0.05, 0.1) is 25.4 Å². The number of carbonyl (C=O) groups excluding carboxylic acids is 2. The van der Waals surface area contributed by atoms with E-state index in [0.717, 1.165) is 44.9 Å². The van der Waals surface area contributed by atoms with Gasteiger partial charge in [0, 0.05) is 12.8 Å². The summed E-state index contributed by atoms with van der Waals surface area (Å²) in [6.07, 6.45) is 73.6. The summed E-state index contributed by atoms with van der Waals surface area (Å²) >= 11 is 0. The molecular formula is C64H123NO5. The van der Waals surface area contributed by atoms with E-state index in [-0.39, 0.29) is 18.5 Å². The molecule has 0 bridgehead atoms. The normalized spacial score (nSPS) is 12.7. The third-order valence-electron chi connectivity index (χ3n) is 14.7. The minimum atomic E-state index is -0.843. The first-order valence-corrected chi connectivity index (χ1v) is 31.6. The molecule has 0 rings (SSSR count). The standard InChI is InChI=1S/C64H123NO5/c1-3-5-7-9-11-13-15-17-18-29-33-36-40-44-48-52-56-62(67)61(60-66)65-63(68)57-53-49-45-41-37-34-30-27-25-23-21-19-20-22-24-26-28-31-35-39-43-47-51-55-59-70-64(69)58-54-50-46-42-38-32-16-14-12-10-8-6-4-2/h14,16,52,56,61-62,66-67H,3-13,15,17-51,53-55,57-60H2,1-2H3,(H,65,68)/b16-14-,56-52+. The van der Waals surface area contributed by atoms with E-state index in [1.54, 1.807) is 6.08 Å². The zero-order valence-corrected chi connectivity index (χ0v) is 47.3. The number of unbranched alkanes of at least 4 members (excludes halogenated alkanes) is 46. The summed E-state index contributed by atoms with van der Waals surface area (Å²) in [4.78, 5) is 24.5. The molecule has 0 aliphatic heterocycles. The molecule has 0 saturated heterocycles. The van der Waals surface area contributed by atoms with Gasteiger partial charge in [0.1, 0.15) is 0 Å². The first kappa shape index (κ1) is 68.3. The summed E-state index contributed by atoms with van der Waals surface area (Å²) in [5.41, 5.74) is 0. The van der Waals surface area contributed by atoms with Crippen molar-refractivity contribution in [1.29, 1.82) is 0 Å². The molecule has 6 nitrogen and oxygen atoms in total. The number of ether oxygens (including phenoxy) is 1. The van der Waals surface area contributed by atoms with Crippen LogP contribution in [0.15, 0.2) is 24.3 Å². The van der Waals surface area contributed by atoms with Crippen molar-refractivity contribution in [3.05, 3.63) is 24.3 Å². The Kier molecular flexibility index (Phi) is 58.5. The largest absolute Gasteiger partial charge is 0.466 e. The first-order chi connectivity index (χ1) is 34.5. The third-order valence-corrected chi connectivity index (χ3v) is 14.7. The van der Waals surface area contributed by atoms with Crippen LogP contribution in [0.25, 0.3) is 0 Å². The van der Waals surface area contributed by atoms with Crippen LogP contribution in [0.3, 0.4) is 0 Å². The van der Waals surface area contributed by atoms with Crippen molar-refractivity contribution in [3.8, 4) is 0 Å². The molecule has 0 spiro atoms. The number of allylic oxidation sites excluding steroid dienone is 3. The van der Waals surface area contributed by atoms with Crippen molar-refractivity contribution in [1.82, 2.24) is 5.32 Å². The zero-order chi connectivity index (χ0) is 50.7. The van der Waals surface area contributed by atoms with Crippen molar-refractivity contribution in [2.24, 2.45) is 0 Å². The first-order valence-electron chi connectivity index (χ1n) is 31.6. The molecule has 0 aliphatic rings. The molecule has 0 aromatic rings. The molecule has 1 amide bonds. The Morgan fingerprint density at radius 1 is 0.386 bits per heavy atom. The summed E-state index contributed by atoms with van der Waals surface area (Å²) in [5, 5.41) is 23.2. The van der Waals surface area contributed by atoms with Gasteiger partial charge in [-0.1, -0.05) is 301 Å². The van der Waals surface area contributed by atoms with Gasteiger partial charge in [-0.2, -0.15) is 0 Å². The molecular weight excluding hydrogens is 863 g/mol. The average molecular weight is 987 g/mol. The Labute approximate surface area is 437 Å². The number of esters is 1. The highest BCUT2D eigenvalue weighted by Crippen LogP contribution is 2.18. The van der Waals surface area contributed by atoms with Gasteiger partial charge in [0.25, 0.3) is 0 Å². The molecule has 3 N–H and O–H groups in total. The van der Waals surface area contributed by atoms with Crippen molar-refractivity contribution in [2.75, 3.05) is 13.2 Å². The Balaban J connectivity index is 3.39. The van der Waals surface area contributed by atoms with E-state index < -0.39 is 12.1 Å². The molecule has 70 heavy (non-hydrogen) atoms. The molecule has 0 saturated carbocycles. The third kappa shape index (κ3) is 55.7. The number of amides is 1. The molecule has 6 heteroatoms. The SMILES string of the molecule is CCCCCC/C=C\CCCCCCCC(=O)OCCCCCCCCCCCCCCCCCCCCCCCCCCC(=O)NC(CO)C(O)/C=C/CCCCCCCCCCCCCCCC. The number of carbonyl (C=O) groups is 2. The van der Waals surface area contributed by atoms with E-state index in [1.165, 1.54) is 276 Å². The van der Waals surface area contributed by atoms with Gasteiger partial charge < -0.3 is 20.3 Å². The van der Waals surface area contributed by atoms with Crippen LogP contribution in [0.1, 0.15) is 348 Å². The summed E-state index contributed by atoms with van der Waals surface area (Å²) in [7, 11) is 0. The quantitative estimate of drug-likeness (QED) is 0.0321. The Hall–Kier alpha value is -1.66. The van der Waals surface area contributed by atoms with Crippen molar-refractivity contribution in [3.63, 3.8) is 0 Å². The molecule has 0 heterocycles. The highest BCUT2D eigenvalue weighted by atomic mass is 16.5. The second kappa shape index (κ2) is 59.9. The minimum absolute atomic E-state index is 0.00600. The average Bonchev–Trinajstić information content (AvgIpc) is 3.36. The molecule has 2 atom stereocenters. The molecule has 2 unspecified atom stereocenters. The second-order valence-electron chi connectivity index (χ2n) is 21.7. The lowest BCUT2D eigenvalue weighted by molar-refractivity contribution is -0.143. The summed E-state index contributed by atoms with van der Waals surface area (Å²) in [6.45, 7) is 4.91. The second-order valence-corrected chi connectivity index (χ2v) is 21.7. The topological polar surface area (TPSA) is 95.9 Å². The minimum Gasteiger partial charge on any atom is -0.466 e. The molecule has 414 valence electrons. The monoisotopic (exact) mass is 986 g/mol. The fourth-order valence-corrected chi connectivity index (χ4v) is 9.87. The molecule has 0 radical (unpaired) electrons. The van der Waals surface area contributed by atoms with Crippen LogP contribution in [0, 0.1) is 0 Å². The molecule has 0 aliphatic carbocycles. The van der Waals surface area contributed by atoms with Gasteiger partial charge in [0.2, 0.25) is 5.91 Å². The van der Waals surface area contributed by atoms with E-state index in [2.05, 4.69) is 31.3 Å². The van der Waals surface area contributed by atoms with Gasteiger partial charge in [-0.25, -0.2) is 0 Å². The maximum Gasteiger partial charge on any atom is 0.305 e. The number of nitrogens with one attached hydrogen (secondary N) is 1. The maximum atomic E-state index is 12.5. The van der Waals surface area contributed by atoms with Crippen LogP contribution >= 0.6 is 0 Å². The van der Waals surface area contributed by atoms with Gasteiger partial charge in [-0.05, 0) is 57.8 Å². The number of aliphatic hydroxyl groups excluding tert-OH is 2. The number of rotatable bonds is 59. The predicted molar refractivity (Wildman–Crippen MR) is 306 cm³/mol. The summed E-state index contributed by atoms with van der Waals surface area (Å²) in [6, 6.07) is -0.627. The number of aliphatic hydroxyl groups is 2. The zero-order valence-electron chi connectivity index (χ0n) is 47.3. The van der Waals surface area contributed by atoms with Crippen molar-refractivity contribution >= 4 is 11.9 Å². The van der Waals surface area contributed by atoms with Gasteiger partial charge in [-0.3, -0.25) is 9.59 Å². The summed E-state index contributed by atoms with van der Waals surface area (Å²) < 4.78 is 5.47. The molecule has 0 aromatic carbocycles. The lowest BCUT2D eigenvalue weighted by Crippen LogP contribution is -2.45. The van der Waals surface area contributed by atoms with E-state index in [1.807, 2.05) is 6.08 Å². The van der Waals surface area contributed by atoms with Crippen LogP contribution < -0.4 is 5.32 Å². The van der Waals surface area contributed by atoms with Crippen LogP contribution in [0.4, 0.5) is 0 Å². The van der Waals surface area contributed by atoms with Crippen LogP contribution in [0.5, 0.6) is 0 Å². The van der Waals surface area contributed by atoms with Crippen LogP contribution in [-0.2, 0) is 14.3 Å². The maximum absolute atomic E-state index is 12.5. The Morgan fingerprint density at radius 2 is 0.671 bits per heavy atom. The van der Waals surface area contributed by atoms with Gasteiger partial charge in [0.15, 0.2) is 0 Å². The predicted octanol–water partition coefficient (Wildman–Crippen LogP) is 19.8. The van der Waals surface area contributed by atoms with Crippen molar-refractivity contribution < 1.29 is 24.5 Å². The van der Waals surface area contributed by atoms with Crippen molar-refractivity contribution in [2.45, 2.75) is 360 Å². The van der Waals surface area contributed by atoms with E-state index >= 15 is 0 Å². The highest BCUT2D eigenvalue weighted by Gasteiger charge is 2.18. The Morgan fingerprint density at radius 3 is 1.03 bits per heavy atom. The lowest BCUT2D eigenvalue weighted by atomic mass is 10.0. The van der Waals surface area contributed by atoms with Gasteiger partial charge in [-0.15, -0.1) is 0 Å². The lowest BCUT2D eigenvalue weighted by Gasteiger charge is -2.20. The number of hydrogen-bond acceptors (Lipinski definition) is 5. The van der Waals surface area contributed by atoms with E-state index in [4.69, 9.17) is 4.74 Å². The van der Waals surface area contributed by atoms with E-state index in [9.17, 15) is 19.8 Å².